The number of anilines is 1. The molecule has 0 unspecified atom stereocenters. The van der Waals surface area contributed by atoms with E-state index in [0.29, 0.717) is 12.2 Å². The van der Waals surface area contributed by atoms with Gasteiger partial charge in [0.1, 0.15) is 4.90 Å². The molecule has 2 N–H and O–H groups in total. The molecule has 6 nitrogen and oxygen atoms in total. The van der Waals surface area contributed by atoms with E-state index >= 15 is 0 Å². The number of nitrogens with zero attached hydrogens (tertiary/aromatic N) is 2. The average Bonchev–Trinajstić information content (AvgIpc) is 2.83. The third kappa shape index (κ3) is 3.17. The van der Waals surface area contributed by atoms with Crippen LogP contribution in [0.2, 0.25) is 0 Å². The van der Waals surface area contributed by atoms with Gasteiger partial charge < -0.3 is 5.32 Å². The number of benzene rings is 1. The highest BCUT2D eigenvalue weighted by molar-refractivity contribution is 7.89. The monoisotopic (exact) mass is 294 g/mol. The lowest BCUT2D eigenvalue weighted by atomic mass is 10.3. The van der Waals surface area contributed by atoms with Crippen LogP contribution in [0.1, 0.15) is 12.6 Å². The van der Waals surface area contributed by atoms with E-state index < -0.39 is 10.0 Å². The Hall–Kier alpha value is -1.86. The molecule has 0 saturated heterocycles. The molecule has 0 amide bonds. The molecule has 0 bridgehead atoms. The van der Waals surface area contributed by atoms with E-state index in [1.54, 1.807) is 48.3 Å². The van der Waals surface area contributed by atoms with Crippen LogP contribution < -0.4 is 10.0 Å². The van der Waals surface area contributed by atoms with Crippen LogP contribution in [0.15, 0.2) is 41.4 Å². The standard InChI is InChI=1S/C13H18N4O2S/c1-3-14-12-6-4-5-7-13(12)20(18,19)16-10-11-8-9-15-17(11)2/h4-9,14,16H,3,10H2,1-2H3. The highest BCUT2D eigenvalue weighted by Crippen LogP contribution is 2.20. The van der Waals surface area contributed by atoms with Gasteiger partial charge in [0.15, 0.2) is 0 Å². The maximum atomic E-state index is 12.4. The zero-order valence-electron chi connectivity index (χ0n) is 11.5. The number of aryl methyl sites for hydroxylation is 1. The summed E-state index contributed by atoms with van der Waals surface area (Å²) in [5, 5.41) is 7.06. The predicted molar refractivity (Wildman–Crippen MR) is 77.8 cm³/mol. The fourth-order valence-corrected chi connectivity index (χ4v) is 3.04. The van der Waals surface area contributed by atoms with Crippen LogP contribution in [0.4, 0.5) is 5.69 Å². The van der Waals surface area contributed by atoms with Crippen molar-refractivity contribution in [3.8, 4) is 0 Å². The van der Waals surface area contributed by atoms with Gasteiger partial charge in [0, 0.05) is 19.8 Å². The second-order valence-electron chi connectivity index (χ2n) is 4.30. The number of hydrogen-bond donors (Lipinski definition) is 2. The fourth-order valence-electron chi connectivity index (χ4n) is 1.86. The normalized spacial score (nSPS) is 11.5. The smallest absolute Gasteiger partial charge is 0.242 e. The molecule has 0 radical (unpaired) electrons. The van der Waals surface area contributed by atoms with E-state index in [4.69, 9.17) is 0 Å². The maximum absolute atomic E-state index is 12.4. The minimum absolute atomic E-state index is 0.208. The SMILES string of the molecule is CCNc1ccccc1S(=O)(=O)NCc1ccnn1C. The van der Waals surface area contributed by atoms with Gasteiger partial charge in [-0.05, 0) is 25.1 Å². The third-order valence-corrected chi connectivity index (χ3v) is 4.37. The van der Waals surface area contributed by atoms with Crippen molar-refractivity contribution in [2.24, 2.45) is 7.05 Å². The molecule has 0 aliphatic rings. The summed E-state index contributed by atoms with van der Waals surface area (Å²) in [7, 11) is -1.79. The van der Waals surface area contributed by atoms with Crippen molar-refractivity contribution >= 4 is 15.7 Å². The summed E-state index contributed by atoms with van der Waals surface area (Å²) in [4.78, 5) is 0.254. The number of nitrogens with one attached hydrogen (secondary N) is 2. The van der Waals surface area contributed by atoms with Gasteiger partial charge in [0.25, 0.3) is 0 Å². The number of rotatable bonds is 6. The van der Waals surface area contributed by atoms with Crippen LogP contribution in [-0.4, -0.2) is 24.7 Å². The first-order valence-electron chi connectivity index (χ1n) is 6.34. The van der Waals surface area contributed by atoms with Crippen molar-refractivity contribution in [1.29, 1.82) is 0 Å². The van der Waals surface area contributed by atoms with Gasteiger partial charge in [0.2, 0.25) is 10.0 Å². The summed E-state index contributed by atoms with van der Waals surface area (Å²) in [6, 6.07) is 8.63. The number of sulfonamides is 1. The van der Waals surface area contributed by atoms with Crippen molar-refractivity contribution in [3.05, 3.63) is 42.2 Å². The number of para-hydroxylation sites is 1. The van der Waals surface area contributed by atoms with Crippen LogP contribution >= 0.6 is 0 Å². The van der Waals surface area contributed by atoms with Crippen LogP contribution in [-0.2, 0) is 23.6 Å². The largest absolute Gasteiger partial charge is 0.384 e. The van der Waals surface area contributed by atoms with Crippen molar-refractivity contribution in [3.63, 3.8) is 0 Å². The highest BCUT2D eigenvalue weighted by atomic mass is 32.2. The van der Waals surface area contributed by atoms with E-state index in [9.17, 15) is 8.42 Å². The van der Waals surface area contributed by atoms with Gasteiger partial charge in [-0.25, -0.2) is 13.1 Å². The summed E-state index contributed by atoms with van der Waals surface area (Å²) >= 11 is 0. The first-order valence-corrected chi connectivity index (χ1v) is 7.82. The molecule has 0 atom stereocenters. The average molecular weight is 294 g/mol. The Morgan fingerprint density at radius 3 is 2.65 bits per heavy atom. The van der Waals surface area contributed by atoms with Crippen molar-refractivity contribution < 1.29 is 8.42 Å². The van der Waals surface area contributed by atoms with Crippen LogP contribution in [0.25, 0.3) is 0 Å². The molecule has 0 aliphatic heterocycles. The molecule has 0 aliphatic carbocycles. The van der Waals surface area contributed by atoms with E-state index in [-0.39, 0.29) is 11.4 Å². The van der Waals surface area contributed by atoms with Gasteiger partial charge >= 0.3 is 0 Å². The molecule has 0 saturated carbocycles. The topological polar surface area (TPSA) is 76.0 Å². The minimum Gasteiger partial charge on any atom is -0.384 e. The lowest BCUT2D eigenvalue weighted by Crippen LogP contribution is -2.25. The van der Waals surface area contributed by atoms with Crippen molar-refractivity contribution in [1.82, 2.24) is 14.5 Å². The van der Waals surface area contributed by atoms with Gasteiger partial charge in [-0.1, -0.05) is 12.1 Å². The quantitative estimate of drug-likeness (QED) is 0.843. The first-order chi connectivity index (χ1) is 9.54. The molecule has 20 heavy (non-hydrogen) atoms. The van der Waals surface area contributed by atoms with Gasteiger partial charge in [-0.2, -0.15) is 5.10 Å². The molecule has 7 heteroatoms. The molecule has 0 spiro atoms. The van der Waals surface area contributed by atoms with Gasteiger partial charge in [-0.3, -0.25) is 4.68 Å². The molecular weight excluding hydrogens is 276 g/mol. The van der Waals surface area contributed by atoms with Crippen molar-refractivity contribution in [2.75, 3.05) is 11.9 Å². The van der Waals surface area contributed by atoms with E-state index in [0.717, 1.165) is 5.69 Å². The fraction of sp³-hybridized carbons (Fsp3) is 0.308. The van der Waals surface area contributed by atoms with Crippen LogP contribution in [0.3, 0.4) is 0 Å². The highest BCUT2D eigenvalue weighted by Gasteiger charge is 2.18. The van der Waals surface area contributed by atoms with Crippen LogP contribution in [0.5, 0.6) is 0 Å². The molecule has 1 aromatic heterocycles. The Kier molecular flexibility index (Phi) is 4.41. The van der Waals surface area contributed by atoms with E-state index in [1.807, 2.05) is 6.92 Å². The maximum Gasteiger partial charge on any atom is 0.242 e. The Balaban J connectivity index is 2.20. The summed E-state index contributed by atoms with van der Waals surface area (Å²) in [5.74, 6) is 0. The van der Waals surface area contributed by atoms with Gasteiger partial charge in [-0.15, -0.1) is 0 Å². The third-order valence-electron chi connectivity index (χ3n) is 2.91. The summed E-state index contributed by atoms with van der Waals surface area (Å²) in [5.41, 5.74) is 1.40. The zero-order valence-corrected chi connectivity index (χ0v) is 12.3. The van der Waals surface area contributed by atoms with E-state index in [1.165, 1.54) is 0 Å². The molecule has 1 aromatic carbocycles. The summed E-state index contributed by atoms with van der Waals surface area (Å²) < 4.78 is 28.9. The molecule has 1 heterocycles. The molecular formula is C13H18N4O2S. The summed E-state index contributed by atoms with van der Waals surface area (Å²) in [6.45, 7) is 2.79. The van der Waals surface area contributed by atoms with Gasteiger partial charge in [0.05, 0.1) is 17.9 Å². The lowest BCUT2D eigenvalue weighted by molar-refractivity contribution is 0.577. The first kappa shape index (κ1) is 14.5. The Morgan fingerprint density at radius 1 is 1.25 bits per heavy atom. The predicted octanol–water partition coefficient (Wildman–Crippen LogP) is 1.33. The Labute approximate surface area is 118 Å². The molecule has 2 aromatic rings. The van der Waals surface area contributed by atoms with Crippen LogP contribution in [0, 0.1) is 0 Å². The van der Waals surface area contributed by atoms with Crippen molar-refractivity contribution in [2.45, 2.75) is 18.4 Å². The van der Waals surface area contributed by atoms with E-state index in [2.05, 4.69) is 15.1 Å². The second kappa shape index (κ2) is 6.06. The summed E-state index contributed by atoms with van der Waals surface area (Å²) in [6.07, 6.45) is 1.64. The molecule has 108 valence electrons. The Morgan fingerprint density at radius 2 is 2.00 bits per heavy atom. The number of hydrogen-bond acceptors (Lipinski definition) is 4. The lowest BCUT2D eigenvalue weighted by Gasteiger charge is -2.12. The zero-order chi connectivity index (χ0) is 14.6. The molecule has 0 fully saturated rings. The minimum atomic E-state index is -3.56. The molecule has 2 rings (SSSR count). The second-order valence-corrected chi connectivity index (χ2v) is 6.03. The Bertz CT molecular complexity index is 679. The number of aromatic nitrogens is 2.